The number of benzene rings is 1. The second kappa shape index (κ2) is 6.60. The van der Waals surface area contributed by atoms with Crippen LogP contribution in [0.1, 0.15) is 6.42 Å². The van der Waals surface area contributed by atoms with Gasteiger partial charge in [0.05, 0.1) is 11.4 Å². The number of para-hydroxylation sites is 1. The Labute approximate surface area is 143 Å². The minimum Gasteiger partial charge on any atom is -0.368 e. The summed E-state index contributed by atoms with van der Waals surface area (Å²) in [6.07, 6.45) is 1.62. The summed E-state index contributed by atoms with van der Waals surface area (Å²) in [5.41, 5.74) is 6.61. The van der Waals surface area contributed by atoms with Gasteiger partial charge in [-0.15, -0.1) is 0 Å². The second-order valence-corrected chi connectivity index (χ2v) is 5.67. The number of hydrazone groups is 1. The molecule has 1 atom stereocenters. The Morgan fingerprint density at radius 2 is 1.92 bits per heavy atom. The molecule has 0 radical (unpaired) electrons. The third-order valence-electron chi connectivity index (χ3n) is 3.87. The van der Waals surface area contributed by atoms with Crippen LogP contribution in [0.5, 0.6) is 0 Å². The van der Waals surface area contributed by atoms with Crippen LogP contribution in [0.2, 0.25) is 0 Å². The number of amides is 2. The van der Waals surface area contributed by atoms with E-state index in [1.165, 1.54) is 27.9 Å². The Bertz CT molecular complexity index is 904. The van der Waals surface area contributed by atoms with Crippen molar-refractivity contribution in [1.82, 2.24) is 4.57 Å². The fourth-order valence-corrected chi connectivity index (χ4v) is 2.56. The molecule has 2 amide bonds. The summed E-state index contributed by atoms with van der Waals surface area (Å²) in [5, 5.41) is 8.40. The molecule has 1 unspecified atom stereocenters. The number of aryl methyl sites for hydroxylation is 1. The number of nitrogens with one attached hydrogen (secondary N) is 1. The Hall–Kier alpha value is -3.42. The van der Waals surface area contributed by atoms with Crippen molar-refractivity contribution >= 4 is 28.9 Å². The first-order chi connectivity index (χ1) is 12.0. The molecule has 1 aliphatic rings. The Morgan fingerprint density at radius 1 is 1.20 bits per heavy atom. The maximum absolute atomic E-state index is 12.4. The smallest absolute Gasteiger partial charge is 0.272 e. The maximum Gasteiger partial charge on any atom is 0.272 e. The molecule has 2 aromatic rings. The summed E-state index contributed by atoms with van der Waals surface area (Å²) in [5.74, 6) is -0.999. The van der Waals surface area contributed by atoms with Gasteiger partial charge in [-0.05, 0) is 18.2 Å². The molecule has 2 heterocycles. The van der Waals surface area contributed by atoms with E-state index in [1.54, 1.807) is 19.2 Å². The van der Waals surface area contributed by atoms with Crippen molar-refractivity contribution in [3.8, 4) is 0 Å². The van der Waals surface area contributed by atoms with Crippen LogP contribution >= 0.6 is 0 Å². The predicted molar refractivity (Wildman–Crippen MR) is 94.3 cm³/mol. The lowest BCUT2D eigenvalue weighted by Gasteiger charge is -2.20. The zero-order chi connectivity index (χ0) is 18.0. The molecule has 8 nitrogen and oxygen atoms in total. The van der Waals surface area contributed by atoms with Gasteiger partial charge in [-0.2, -0.15) is 5.10 Å². The number of nitrogens with zero attached hydrogens (tertiary/aromatic N) is 3. The van der Waals surface area contributed by atoms with Gasteiger partial charge in [-0.1, -0.05) is 18.2 Å². The van der Waals surface area contributed by atoms with Crippen molar-refractivity contribution in [1.29, 1.82) is 0 Å². The second-order valence-electron chi connectivity index (χ2n) is 5.67. The van der Waals surface area contributed by atoms with Crippen molar-refractivity contribution in [3.05, 3.63) is 59.0 Å². The third kappa shape index (κ3) is 3.42. The molecule has 0 spiro atoms. The van der Waals surface area contributed by atoms with Crippen LogP contribution in [0.3, 0.4) is 0 Å². The fourth-order valence-electron chi connectivity index (χ4n) is 2.56. The predicted octanol–water partition coefficient (Wildman–Crippen LogP) is 0.444. The Balaban J connectivity index is 1.83. The van der Waals surface area contributed by atoms with Crippen molar-refractivity contribution in [2.75, 3.05) is 10.3 Å². The monoisotopic (exact) mass is 339 g/mol. The average molecular weight is 339 g/mol. The highest BCUT2D eigenvalue weighted by Gasteiger charge is 2.34. The molecule has 8 heteroatoms. The summed E-state index contributed by atoms with van der Waals surface area (Å²) in [4.78, 5) is 35.6. The number of primary amides is 1. The maximum atomic E-state index is 12.4. The molecular formula is C17H17N5O3. The largest absolute Gasteiger partial charge is 0.368 e. The van der Waals surface area contributed by atoms with Crippen molar-refractivity contribution in [3.63, 3.8) is 0 Å². The van der Waals surface area contributed by atoms with Gasteiger partial charge in [-0.25, -0.2) is 0 Å². The molecule has 128 valence electrons. The highest BCUT2D eigenvalue weighted by Crippen LogP contribution is 2.24. The molecule has 0 bridgehead atoms. The quantitative estimate of drug-likeness (QED) is 0.842. The molecular weight excluding hydrogens is 322 g/mol. The van der Waals surface area contributed by atoms with Crippen LogP contribution in [0, 0.1) is 0 Å². The van der Waals surface area contributed by atoms with E-state index < -0.39 is 17.9 Å². The highest BCUT2D eigenvalue weighted by atomic mass is 16.2. The van der Waals surface area contributed by atoms with Gasteiger partial charge >= 0.3 is 0 Å². The summed E-state index contributed by atoms with van der Waals surface area (Å²) in [6, 6.07) is 11.2. The van der Waals surface area contributed by atoms with Crippen LogP contribution in [-0.4, -0.2) is 28.1 Å². The summed E-state index contributed by atoms with van der Waals surface area (Å²) < 4.78 is 1.36. The summed E-state index contributed by atoms with van der Waals surface area (Å²) in [6.45, 7) is 0. The lowest BCUT2D eigenvalue weighted by molar-refractivity contribution is -0.119. The van der Waals surface area contributed by atoms with E-state index in [4.69, 9.17) is 5.73 Å². The van der Waals surface area contributed by atoms with E-state index in [0.717, 1.165) is 0 Å². The number of nitrogens with two attached hydrogens (primary N) is 1. The molecule has 1 aromatic heterocycles. The topological polar surface area (TPSA) is 110 Å². The van der Waals surface area contributed by atoms with Crippen LogP contribution in [0.15, 0.2) is 58.6 Å². The van der Waals surface area contributed by atoms with Gasteiger partial charge in [0.1, 0.15) is 11.8 Å². The van der Waals surface area contributed by atoms with Gasteiger partial charge in [0.2, 0.25) is 11.5 Å². The van der Waals surface area contributed by atoms with E-state index >= 15 is 0 Å². The number of aromatic nitrogens is 1. The molecule has 1 aliphatic heterocycles. The van der Waals surface area contributed by atoms with Crippen molar-refractivity contribution in [2.24, 2.45) is 17.9 Å². The lowest BCUT2D eigenvalue weighted by Crippen LogP contribution is -2.39. The van der Waals surface area contributed by atoms with Gasteiger partial charge in [0.25, 0.3) is 5.91 Å². The first-order valence-corrected chi connectivity index (χ1v) is 7.65. The zero-order valence-electron chi connectivity index (χ0n) is 13.5. The van der Waals surface area contributed by atoms with E-state index in [2.05, 4.69) is 10.4 Å². The van der Waals surface area contributed by atoms with E-state index in [-0.39, 0.29) is 17.7 Å². The Kier molecular flexibility index (Phi) is 4.34. The molecule has 0 fully saturated rings. The molecule has 1 aromatic carbocycles. The molecule has 0 aliphatic carbocycles. The molecule has 3 rings (SSSR count). The number of carbonyl (C=O) groups excluding carboxylic acids is 2. The molecule has 0 saturated carbocycles. The summed E-state index contributed by atoms with van der Waals surface area (Å²) in [7, 11) is 1.59. The lowest BCUT2D eigenvalue weighted by atomic mass is 10.1. The van der Waals surface area contributed by atoms with Crippen LogP contribution in [-0.2, 0) is 16.6 Å². The minimum absolute atomic E-state index is 0.113. The van der Waals surface area contributed by atoms with Crippen molar-refractivity contribution in [2.45, 2.75) is 12.5 Å². The number of hydrogen-bond donors (Lipinski definition) is 2. The van der Waals surface area contributed by atoms with E-state index in [1.807, 2.05) is 18.2 Å². The van der Waals surface area contributed by atoms with Gasteiger partial charge in [0.15, 0.2) is 0 Å². The zero-order valence-corrected chi connectivity index (χ0v) is 13.5. The first-order valence-electron chi connectivity index (χ1n) is 7.65. The number of pyridine rings is 1. The third-order valence-corrected chi connectivity index (χ3v) is 3.87. The summed E-state index contributed by atoms with van der Waals surface area (Å²) >= 11 is 0. The van der Waals surface area contributed by atoms with Crippen LogP contribution < -0.4 is 21.6 Å². The van der Waals surface area contributed by atoms with E-state index in [0.29, 0.717) is 11.4 Å². The SMILES string of the molecule is Cn1cc(NC(=O)C2=NN(c3ccccc3)C(C(N)=O)C2)ccc1=O. The van der Waals surface area contributed by atoms with Crippen molar-refractivity contribution < 1.29 is 9.59 Å². The fraction of sp³-hybridized carbons (Fsp3) is 0.176. The van der Waals surface area contributed by atoms with Crippen LogP contribution in [0.4, 0.5) is 11.4 Å². The number of rotatable bonds is 4. The Morgan fingerprint density at radius 3 is 2.56 bits per heavy atom. The molecule has 0 saturated heterocycles. The number of carbonyl (C=O) groups is 2. The first kappa shape index (κ1) is 16.4. The van der Waals surface area contributed by atoms with Gasteiger partial charge < -0.3 is 15.6 Å². The minimum atomic E-state index is -0.719. The molecule has 25 heavy (non-hydrogen) atoms. The average Bonchev–Trinajstić information content (AvgIpc) is 3.05. The molecule has 3 N–H and O–H groups in total. The number of anilines is 2. The van der Waals surface area contributed by atoms with Gasteiger partial charge in [0, 0.05) is 25.7 Å². The normalized spacial score (nSPS) is 16.4. The standard InChI is InChI=1S/C17H17N5O3/c1-21-10-11(7-8-15(21)23)19-17(25)13-9-14(16(18)24)22(20-13)12-5-3-2-4-6-12/h2-8,10,14H,9H2,1H3,(H2,18,24)(H,19,25). The number of hydrogen-bond acceptors (Lipinski definition) is 5. The van der Waals surface area contributed by atoms with Crippen LogP contribution in [0.25, 0.3) is 0 Å². The van der Waals surface area contributed by atoms with E-state index in [9.17, 15) is 14.4 Å². The van der Waals surface area contributed by atoms with Gasteiger partial charge in [-0.3, -0.25) is 19.4 Å². The highest BCUT2D eigenvalue weighted by molar-refractivity contribution is 6.44.